The molecule has 0 atom stereocenters. The Labute approximate surface area is 223 Å². The van der Waals surface area contributed by atoms with Gasteiger partial charge in [-0.15, -0.1) is 0 Å². The van der Waals surface area contributed by atoms with Crippen molar-refractivity contribution in [1.29, 1.82) is 0 Å². The number of carbonyl (C=O) groups excluding carboxylic acids is 1. The van der Waals surface area contributed by atoms with Crippen LogP contribution in [0.5, 0.6) is 5.75 Å². The molecule has 0 spiro atoms. The maximum Gasteiger partial charge on any atom is 0.494 e. The molecule has 1 saturated heterocycles. The van der Waals surface area contributed by atoms with Crippen molar-refractivity contribution in [2.45, 2.75) is 77.9 Å². The molecule has 0 aromatic heterocycles. The van der Waals surface area contributed by atoms with Gasteiger partial charge < -0.3 is 33.0 Å². The Bertz CT molecular complexity index is 737. The van der Waals surface area contributed by atoms with E-state index in [1.165, 1.54) is 0 Å². The highest BCUT2D eigenvalue weighted by Crippen LogP contribution is 2.36. The van der Waals surface area contributed by atoms with Crippen LogP contribution in [0.15, 0.2) is 24.3 Å². The number of rotatable bonds is 21. The molecule has 2 rings (SSSR count). The van der Waals surface area contributed by atoms with E-state index in [9.17, 15) is 4.79 Å². The Hall–Kier alpha value is -1.49. The van der Waals surface area contributed by atoms with Crippen LogP contribution in [0.2, 0.25) is 0 Å². The van der Waals surface area contributed by atoms with Crippen molar-refractivity contribution in [1.82, 2.24) is 0 Å². The van der Waals surface area contributed by atoms with Gasteiger partial charge in [-0.1, -0.05) is 12.1 Å². The van der Waals surface area contributed by atoms with Crippen molar-refractivity contribution in [3.8, 4) is 5.75 Å². The molecule has 1 aromatic rings. The normalized spacial score (nSPS) is 16.3. The number of hydrogen-bond acceptors (Lipinski definition) is 8. The highest BCUT2D eigenvalue weighted by molar-refractivity contribution is 6.62. The van der Waals surface area contributed by atoms with Gasteiger partial charge >= 0.3 is 7.12 Å². The zero-order chi connectivity index (χ0) is 27.0. The van der Waals surface area contributed by atoms with E-state index in [0.29, 0.717) is 72.3 Å². The Morgan fingerprint density at radius 1 is 0.703 bits per heavy atom. The van der Waals surface area contributed by atoms with Crippen molar-refractivity contribution >= 4 is 18.4 Å². The highest BCUT2D eigenvalue weighted by atomic mass is 16.7. The average molecular weight is 522 g/mol. The molecular formula is C28H47BO8. The standard InChI is InChI=1S/C28H47BO8/c1-6-31-18-19-33-22-23-34-21-20-32-17-15-25(30)10-8-7-9-16-35-26-13-11-24(12-14-26)29-36-27(2,3)28(4,5)37-29/h11-14H,6-10,15-23H2,1-5H3. The molecule has 1 fully saturated rings. The van der Waals surface area contributed by atoms with E-state index in [0.717, 1.165) is 30.5 Å². The Kier molecular flexibility index (Phi) is 14.7. The molecular weight excluding hydrogens is 475 g/mol. The molecule has 9 heteroatoms. The predicted octanol–water partition coefficient (Wildman–Crippen LogP) is 3.97. The zero-order valence-electron chi connectivity index (χ0n) is 23.6. The number of ether oxygens (including phenoxy) is 5. The van der Waals surface area contributed by atoms with Gasteiger partial charge in [0.2, 0.25) is 0 Å². The second-order valence-corrected chi connectivity index (χ2v) is 10.1. The van der Waals surface area contributed by atoms with Gasteiger partial charge in [-0.25, -0.2) is 0 Å². The van der Waals surface area contributed by atoms with Crippen LogP contribution in [0.3, 0.4) is 0 Å². The smallest absolute Gasteiger partial charge is 0.494 e. The van der Waals surface area contributed by atoms with Gasteiger partial charge in [0.05, 0.1) is 64.1 Å². The summed E-state index contributed by atoms with van der Waals surface area (Å²) in [7, 11) is -0.364. The Balaban J connectivity index is 1.41. The molecule has 37 heavy (non-hydrogen) atoms. The van der Waals surface area contributed by atoms with Gasteiger partial charge in [-0.05, 0) is 71.5 Å². The van der Waals surface area contributed by atoms with Crippen LogP contribution in [0.4, 0.5) is 0 Å². The van der Waals surface area contributed by atoms with Crippen LogP contribution in [0.1, 0.15) is 66.7 Å². The van der Waals surface area contributed by atoms with Crippen LogP contribution in [0.25, 0.3) is 0 Å². The van der Waals surface area contributed by atoms with Crippen molar-refractivity contribution in [3.63, 3.8) is 0 Å². The predicted molar refractivity (Wildman–Crippen MR) is 145 cm³/mol. The number of hydrogen-bond donors (Lipinski definition) is 0. The fourth-order valence-corrected chi connectivity index (χ4v) is 3.61. The Morgan fingerprint density at radius 2 is 1.24 bits per heavy atom. The highest BCUT2D eigenvalue weighted by Gasteiger charge is 2.51. The van der Waals surface area contributed by atoms with Crippen LogP contribution >= 0.6 is 0 Å². The number of benzene rings is 1. The van der Waals surface area contributed by atoms with E-state index in [4.69, 9.17) is 33.0 Å². The van der Waals surface area contributed by atoms with Crippen molar-refractivity contribution < 1.29 is 37.8 Å². The average Bonchev–Trinajstić information content (AvgIpc) is 3.09. The van der Waals surface area contributed by atoms with Crippen molar-refractivity contribution in [2.75, 3.05) is 59.5 Å². The zero-order valence-corrected chi connectivity index (χ0v) is 23.6. The number of Topliss-reactive ketones (excluding diaryl/α,β-unsaturated/α-hetero) is 1. The third-order valence-corrected chi connectivity index (χ3v) is 6.62. The van der Waals surface area contributed by atoms with E-state index in [1.54, 1.807) is 0 Å². The number of carbonyl (C=O) groups is 1. The van der Waals surface area contributed by atoms with Crippen LogP contribution in [0, 0.1) is 0 Å². The van der Waals surface area contributed by atoms with Crippen molar-refractivity contribution in [2.24, 2.45) is 0 Å². The van der Waals surface area contributed by atoms with E-state index < -0.39 is 0 Å². The molecule has 0 radical (unpaired) electrons. The fraction of sp³-hybridized carbons (Fsp3) is 0.750. The molecule has 0 amide bonds. The lowest BCUT2D eigenvalue weighted by Gasteiger charge is -2.32. The molecule has 1 aliphatic rings. The van der Waals surface area contributed by atoms with Crippen LogP contribution in [-0.2, 0) is 33.1 Å². The first-order valence-electron chi connectivity index (χ1n) is 13.7. The van der Waals surface area contributed by atoms with E-state index in [-0.39, 0.29) is 24.1 Å². The molecule has 0 unspecified atom stereocenters. The maximum absolute atomic E-state index is 12.0. The third kappa shape index (κ3) is 12.3. The molecule has 0 N–H and O–H groups in total. The Morgan fingerprint density at radius 3 is 1.81 bits per heavy atom. The number of unbranched alkanes of at least 4 members (excludes halogenated alkanes) is 2. The summed E-state index contributed by atoms with van der Waals surface area (Å²) in [6.45, 7) is 15.2. The minimum Gasteiger partial charge on any atom is -0.494 e. The second-order valence-electron chi connectivity index (χ2n) is 10.1. The summed E-state index contributed by atoms with van der Waals surface area (Å²) in [6, 6.07) is 7.88. The van der Waals surface area contributed by atoms with Gasteiger partial charge in [0.15, 0.2) is 0 Å². The third-order valence-electron chi connectivity index (χ3n) is 6.62. The SMILES string of the molecule is CCOCCOCCOCCOCCC(=O)CCCCCOc1ccc(B2OC(C)(C)C(C)(C)O2)cc1. The molecule has 1 aliphatic heterocycles. The summed E-state index contributed by atoms with van der Waals surface area (Å²) in [5.41, 5.74) is 0.284. The van der Waals surface area contributed by atoms with Crippen LogP contribution < -0.4 is 10.2 Å². The summed E-state index contributed by atoms with van der Waals surface area (Å²) in [6.07, 6.45) is 3.78. The maximum atomic E-state index is 12.0. The van der Waals surface area contributed by atoms with Crippen LogP contribution in [-0.4, -0.2) is 83.6 Å². The molecule has 0 saturated carbocycles. The number of ketones is 1. The van der Waals surface area contributed by atoms with Gasteiger partial charge in [0.25, 0.3) is 0 Å². The molecule has 1 aromatic carbocycles. The monoisotopic (exact) mass is 522 g/mol. The molecule has 0 aliphatic carbocycles. The summed E-state index contributed by atoms with van der Waals surface area (Å²) in [5.74, 6) is 1.06. The first kappa shape index (κ1) is 31.7. The quantitative estimate of drug-likeness (QED) is 0.177. The topological polar surface area (TPSA) is 81.7 Å². The molecule has 0 bridgehead atoms. The second kappa shape index (κ2) is 17.2. The van der Waals surface area contributed by atoms with Crippen molar-refractivity contribution in [3.05, 3.63) is 24.3 Å². The van der Waals surface area contributed by atoms with E-state index in [1.807, 2.05) is 58.9 Å². The molecule has 8 nitrogen and oxygen atoms in total. The van der Waals surface area contributed by atoms with Gasteiger partial charge in [-0.2, -0.15) is 0 Å². The first-order chi connectivity index (χ1) is 17.7. The van der Waals surface area contributed by atoms with E-state index >= 15 is 0 Å². The molecule has 210 valence electrons. The minimum atomic E-state index is -0.364. The fourth-order valence-electron chi connectivity index (χ4n) is 3.61. The summed E-state index contributed by atoms with van der Waals surface area (Å²) in [4.78, 5) is 12.0. The lowest BCUT2D eigenvalue weighted by molar-refractivity contribution is -0.120. The summed E-state index contributed by atoms with van der Waals surface area (Å²) < 4.78 is 39.5. The largest absolute Gasteiger partial charge is 0.494 e. The summed E-state index contributed by atoms with van der Waals surface area (Å²) >= 11 is 0. The minimum absolute atomic E-state index is 0.239. The van der Waals surface area contributed by atoms with E-state index in [2.05, 4.69) is 0 Å². The van der Waals surface area contributed by atoms with Gasteiger partial charge in [-0.3, -0.25) is 4.79 Å². The van der Waals surface area contributed by atoms with Gasteiger partial charge in [0, 0.05) is 19.4 Å². The first-order valence-corrected chi connectivity index (χ1v) is 13.7. The molecule has 1 heterocycles. The van der Waals surface area contributed by atoms with Gasteiger partial charge in [0.1, 0.15) is 11.5 Å². The summed E-state index contributed by atoms with van der Waals surface area (Å²) in [5, 5.41) is 0. The lowest BCUT2D eigenvalue weighted by Crippen LogP contribution is -2.41. The lowest BCUT2D eigenvalue weighted by atomic mass is 9.79.